The Bertz CT molecular complexity index is 865. The first-order valence-electron chi connectivity index (χ1n) is 8.63. The highest BCUT2D eigenvalue weighted by atomic mass is 32.2. The average Bonchev–Trinajstić information content (AvgIpc) is 2.66. The normalized spacial score (nSPS) is 10.3. The summed E-state index contributed by atoms with van der Waals surface area (Å²) in [5, 5.41) is 5.90. The Labute approximate surface area is 158 Å². The van der Waals surface area contributed by atoms with Gasteiger partial charge in [-0.15, -0.1) is 0 Å². The summed E-state index contributed by atoms with van der Waals surface area (Å²) in [6.45, 7) is 2.69. The molecule has 4 heteroatoms. The molecule has 132 valence electrons. The number of urea groups is 1. The van der Waals surface area contributed by atoms with Crippen LogP contribution < -0.4 is 10.6 Å². The molecule has 0 bridgehead atoms. The number of nitrogens with one attached hydrogen (secondary N) is 2. The van der Waals surface area contributed by atoms with Crippen molar-refractivity contribution in [3.63, 3.8) is 0 Å². The molecule has 0 atom stereocenters. The predicted octanol–water partition coefficient (Wildman–Crippen LogP) is 5.51. The van der Waals surface area contributed by atoms with Gasteiger partial charge in [0.05, 0.1) is 5.69 Å². The van der Waals surface area contributed by atoms with Crippen LogP contribution in [0.1, 0.15) is 11.1 Å². The van der Waals surface area contributed by atoms with E-state index in [2.05, 4.69) is 41.8 Å². The third-order valence-electron chi connectivity index (χ3n) is 4.05. The summed E-state index contributed by atoms with van der Waals surface area (Å²) in [4.78, 5) is 14.4. The summed E-state index contributed by atoms with van der Waals surface area (Å²) in [6, 6.07) is 26.0. The van der Waals surface area contributed by atoms with Crippen molar-refractivity contribution in [1.29, 1.82) is 0 Å². The lowest BCUT2D eigenvalue weighted by molar-refractivity contribution is 0.252. The number of aryl methyl sites for hydroxylation is 1. The Balaban J connectivity index is 1.57. The number of amides is 2. The first-order valence-corrected chi connectivity index (χ1v) is 9.45. The van der Waals surface area contributed by atoms with Crippen molar-refractivity contribution in [2.75, 3.05) is 11.9 Å². The molecular formula is C22H22N2OS. The van der Waals surface area contributed by atoms with E-state index in [-0.39, 0.29) is 6.03 Å². The predicted molar refractivity (Wildman–Crippen MR) is 109 cm³/mol. The smallest absolute Gasteiger partial charge is 0.319 e. The molecule has 3 rings (SSSR count). The molecule has 3 aromatic carbocycles. The Morgan fingerprint density at radius 2 is 1.58 bits per heavy atom. The fourth-order valence-corrected chi connectivity index (χ4v) is 3.56. The fourth-order valence-electron chi connectivity index (χ4n) is 2.64. The van der Waals surface area contributed by atoms with Crippen LogP contribution in [0.5, 0.6) is 0 Å². The number of benzene rings is 3. The monoisotopic (exact) mass is 362 g/mol. The van der Waals surface area contributed by atoms with Gasteiger partial charge in [0, 0.05) is 16.3 Å². The molecule has 0 spiro atoms. The van der Waals surface area contributed by atoms with E-state index in [1.807, 2.05) is 54.6 Å². The zero-order valence-electron chi connectivity index (χ0n) is 14.7. The highest BCUT2D eigenvalue weighted by Gasteiger charge is 2.07. The maximum atomic E-state index is 12.3. The Kier molecular flexibility index (Phi) is 6.34. The number of rotatable bonds is 6. The Morgan fingerprint density at radius 3 is 2.38 bits per heavy atom. The number of anilines is 1. The number of hydrogen-bond donors (Lipinski definition) is 2. The second kappa shape index (κ2) is 9.11. The molecule has 2 amide bonds. The van der Waals surface area contributed by atoms with Crippen LogP contribution in [0.3, 0.4) is 0 Å². The average molecular weight is 362 g/mol. The minimum absolute atomic E-state index is 0.181. The topological polar surface area (TPSA) is 41.1 Å². The molecule has 0 aliphatic heterocycles. The molecule has 0 saturated carbocycles. The highest BCUT2D eigenvalue weighted by molar-refractivity contribution is 7.99. The summed E-state index contributed by atoms with van der Waals surface area (Å²) in [5.41, 5.74) is 3.32. The van der Waals surface area contributed by atoms with Crippen molar-refractivity contribution in [3.8, 4) is 0 Å². The van der Waals surface area contributed by atoms with E-state index in [4.69, 9.17) is 0 Å². The van der Waals surface area contributed by atoms with Crippen LogP contribution in [0.4, 0.5) is 10.5 Å². The molecule has 0 saturated heterocycles. The van der Waals surface area contributed by atoms with E-state index >= 15 is 0 Å². The molecule has 0 unspecified atom stereocenters. The van der Waals surface area contributed by atoms with Gasteiger partial charge in [-0.05, 0) is 48.7 Å². The summed E-state index contributed by atoms with van der Waals surface area (Å²) in [5.74, 6) is 0. The molecule has 0 radical (unpaired) electrons. The van der Waals surface area contributed by atoms with Crippen LogP contribution in [0, 0.1) is 6.92 Å². The van der Waals surface area contributed by atoms with Gasteiger partial charge in [0.2, 0.25) is 0 Å². The van der Waals surface area contributed by atoms with Crippen LogP contribution in [-0.2, 0) is 6.42 Å². The van der Waals surface area contributed by atoms with Gasteiger partial charge in [0.15, 0.2) is 0 Å². The van der Waals surface area contributed by atoms with E-state index < -0.39 is 0 Å². The standard InChI is InChI=1S/C22H22N2OS/c1-17-9-5-6-10-18(17)15-16-23-22(25)24-20-13-7-8-14-21(20)26-19-11-3-2-4-12-19/h2-14H,15-16H2,1H3,(H2,23,24,25). The van der Waals surface area contributed by atoms with Crippen LogP contribution in [-0.4, -0.2) is 12.6 Å². The van der Waals surface area contributed by atoms with Gasteiger partial charge < -0.3 is 10.6 Å². The number of carbonyl (C=O) groups is 1. The fraction of sp³-hybridized carbons (Fsp3) is 0.136. The van der Waals surface area contributed by atoms with Crippen molar-refractivity contribution in [2.45, 2.75) is 23.1 Å². The molecule has 3 aromatic rings. The lowest BCUT2D eigenvalue weighted by atomic mass is 10.1. The summed E-state index contributed by atoms with van der Waals surface area (Å²) in [7, 11) is 0. The zero-order valence-corrected chi connectivity index (χ0v) is 15.6. The maximum absolute atomic E-state index is 12.3. The van der Waals surface area contributed by atoms with Gasteiger partial charge in [0.25, 0.3) is 0 Å². The minimum Gasteiger partial charge on any atom is -0.338 e. The van der Waals surface area contributed by atoms with Gasteiger partial charge in [-0.3, -0.25) is 0 Å². The quantitative estimate of drug-likeness (QED) is 0.607. The number of para-hydroxylation sites is 1. The molecule has 26 heavy (non-hydrogen) atoms. The van der Waals surface area contributed by atoms with Gasteiger partial charge >= 0.3 is 6.03 Å². The van der Waals surface area contributed by atoms with Crippen LogP contribution in [0.15, 0.2) is 88.7 Å². The highest BCUT2D eigenvalue weighted by Crippen LogP contribution is 2.33. The lowest BCUT2D eigenvalue weighted by Crippen LogP contribution is -2.30. The van der Waals surface area contributed by atoms with Crippen molar-refractivity contribution in [3.05, 3.63) is 90.0 Å². The summed E-state index contributed by atoms with van der Waals surface area (Å²) < 4.78 is 0. The summed E-state index contributed by atoms with van der Waals surface area (Å²) >= 11 is 1.64. The molecule has 2 N–H and O–H groups in total. The van der Waals surface area contributed by atoms with Crippen LogP contribution >= 0.6 is 11.8 Å². The lowest BCUT2D eigenvalue weighted by Gasteiger charge is -2.12. The van der Waals surface area contributed by atoms with Gasteiger partial charge in [-0.2, -0.15) is 0 Å². The van der Waals surface area contributed by atoms with Crippen molar-refractivity contribution in [1.82, 2.24) is 5.32 Å². The van der Waals surface area contributed by atoms with Gasteiger partial charge in [-0.25, -0.2) is 4.79 Å². The summed E-state index contributed by atoms with van der Waals surface area (Å²) in [6.07, 6.45) is 0.820. The molecule has 0 fully saturated rings. The van der Waals surface area contributed by atoms with Crippen LogP contribution in [0.25, 0.3) is 0 Å². The SMILES string of the molecule is Cc1ccccc1CCNC(=O)Nc1ccccc1Sc1ccccc1. The van der Waals surface area contributed by atoms with E-state index in [1.165, 1.54) is 11.1 Å². The largest absolute Gasteiger partial charge is 0.338 e. The second-order valence-electron chi connectivity index (χ2n) is 5.97. The first kappa shape index (κ1) is 18.1. The van der Waals surface area contributed by atoms with E-state index in [9.17, 15) is 4.79 Å². The van der Waals surface area contributed by atoms with E-state index in [0.29, 0.717) is 6.54 Å². The molecule has 0 heterocycles. The molecule has 0 aromatic heterocycles. The third kappa shape index (κ3) is 5.14. The Hall–Kier alpha value is -2.72. The Morgan fingerprint density at radius 1 is 0.885 bits per heavy atom. The van der Waals surface area contributed by atoms with E-state index in [0.717, 1.165) is 21.9 Å². The van der Waals surface area contributed by atoms with Crippen molar-refractivity contribution in [2.24, 2.45) is 0 Å². The second-order valence-corrected chi connectivity index (χ2v) is 7.08. The van der Waals surface area contributed by atoms with E-state index in [1.54, 1.807) is 11.8 Å². The molecule has 0 aliphatic rings. The third-order valence-corrected chi connectivity index (χ3v) is 5.13. The van der Waals surface area contributed by atoms with Gasteiger partial charge in [-0.1, -0.05) is 66.4 Å². The number of hydrogen-bond acceptors (Lipinski definition) is 2. The zero-order chi connectivity index (χ0) is 18.2. The van der Waals surface area contributed by atoms with Crippen molar-refractivity contribution >= 4 is 23.5 Å². The first-order chi connectivity index (χ1) is 12.7. The number of carbonyl (C=O) groups excluding carboxylic acids is 1. The van der Waals surface area contributed by atoms with Crippen LogP contribution in [0.2, 0.25) is 0 Å². The molecular weight excluding hydrogens is 340 g/mol. The molecule has 0 aliphatic carbocycles. The minimum atomic E-state index is -0.181. The molecule has 3 nitrogen and oxygen atoms in total. The maximum Gasteiger partial charge on any atom is 0.319 e. The van der Waals surface area contributed by atoms with Crippen molar-refractivity contribution < 1.29 is 4.79 Å². The van der Waals surface area contributed by atoms with Gasteiger partial charge in [0.1, 0.15) is 0 Å².